The maximum Gasteiger partial charge on any atom is 0.249 e. The molecular formula is C20H29N3O2S. The third kappa shape index (κ3) is 9.25. The van der Waals surface area contributed by atoms with Crippen LogP contribution in [0.5, 0.6) is 0 Å². The number of rotatable bonds is 6. The van der Waals surface area contributed by atoms with Crippen molar-refractivity contribution in [1.29, 1.82) is 0 Å². The van der Waals surface area contributed by atoms with Gasteiger partial charge in [-0.2, -0.15) is 11.8 Å². The van der Waals surface area contributed by atoms with Gasteiger partial charge in [-0.05, 0) is 36.9 Å². The minimum Gasteiger partial charge on any atom is -0.366 e. The van der Waals surface area contributed by atoms with Crippen molar-refractivity contribution in [3.8, 4) is 11.1 Å². The minimum atomic E-state index is -0.394. The van der Waals surface area contributed by atoms with Gasteiger partial charge in [-0.25, -0.2) is 0 Å². The summed E-state index contributed by atoms with van der Waals surface area (Å²) >= 11 is 1.55. The number of carbonyl (C=O) groups is 2. The zero-order valence-electron chi connectivity index (χ0n) is 15.7. The first-order valence-electron chi connectivity index (χ1n) is 8.37. The first-order chi connectivity index (χ1) is 12.6. The van der Waals surface area contributed by atoms with E-state index in [0.717, 1.165) is 24.1 Å². The molecule has 6 heteroatoms. The number of hydrogen-bond acceptors (Lipinski definition) is 4. The molecule has 0 aliphatic carbocycles. The predicted octanol–water partition coefficient (Wildman–Crippen LogP) is 2.90. The van der Waals surface area contributed by atoms with Crippen LogP contribution in [0.25, 0.3) is 11.1 Å². The fourth-order valence-electron chi connectivity index (χ4n) is 2.01. The molecule has 2 rings (SSSR count). The van der Waals surface area contributed by atoms with Gasteiger partial charge in [-0.3, -0.25) is 9.59 Å². The quantitative estimate of drug-likeness (QED) is 0.723. The Morgan fingerprint density at radius 3 is 2.12 bits per heavy atom. The second-order valence-electron chi connectivity index (χ2n) is 5.06. The number of thioether (sulfide) groups is 1. The van der Waals surface area contributed by atoms with E-state index in [4.69, 9.17) is 5.73 Å². The van der Waals surface area contributed by atoms with Crippen LogP contribution in [0.4, 0.5) is 0 Å². The van der Waals surface area contributed by atoms with Gasteiger partial charge in [0.2, 0.25) is 11.8 Å². The van der Waals surface area contributed by atoms with E-state index in [-0.39, 0.29) is 5.91 Å². The van der Waals surface area contributed by atoms with Gasteiger partial charge in [0.15, 0.2) is 0 Å². The van der Waals surface area contributed by atoms with Gasteiger partial charge in [0, 0.05) is 12.1 Å². The van der Waals surface area contributed by atoms with Crippen molar-refractivity contribution < 1.29 is 9.59 Å². The molecule has 0 atom stereocenters. The monoisotopic (exact) mass is 375 g/mol. The minimum absolute atomic E-state index is 0.143. The number of primary amides is 1. The number of amides is 2. The topological polar surface area (TPSA) is 98.2 Å². The van der Waals surface area contributed by atoms with Crippen LogP contribution in [0.3, 0.4) is 0 Å². The molecule has 0 radical (unpaired) electrons. The molecule has 0 saturated heterocycles. The van der Waals surface area contributed by atoms with Crippen molar-refractivity contribution in [2.24, 2.45) is 11.5 Å². The van der Waals surface area contributed by atoms with E-state index in [9.17, 15) is 9.59 Å². The second kappa shape index (κ2) is 15.0. The first-order valence-corrected chi connectivity index (χ1v) is 9.77. The molecule has 0 bridgehead atoms. The van der Waals surface area contributed by atoms with E-state index < -0.39 is 5.91 Å². The lowest BCUT2D eigenvalue weighted by molar-refractivity contribution is -0.118. The van der Waals surface area contributed by atoms with Crippen molar-refractivity contribution in [3.05, 3.63) is 60.2 Å². The van der Waals surface area contributed by atoms with Crippen LogP contribution in [-0.4, -0.2) is 37.4 Å². The van der Waals surface area contributed by atoms with Gasteiger partial charge in [0.1, 0.15) is 0 Å². The molecular weight excluding hydrogens is 346 g/mol. The zero-order chi connectivity index (χ0) is 19.8. The highest BCUT2D eigenvalue weighted by atomic mass is 32.2. The number of hydrogen-bond donors (Lipinski definition) is 3. The average Bonchev–Trinajstić information content (AvgIpc) is 2.69. The molecule has 0 aromatic heterocycles. The molecule has 0 aliphatic heterocycles. The summed E-state index contributed by atoms with van der Waals surface area (Å²) in [5.74, 6) is 0.332. The lowest BCUT2D eigenvalue weighted by Crippen LogP contribution is -2.25. The number of nitrogens with one attached hydrogen (secondary N) is 1. The van der Waals surface area contributed by atoms with E-state index in [1.165, 1.54) is 7.05 Å². The molecule has 2 aromatic carbocycles. The fourth-order valence-corrected chi connectivity index (χ4v) is 2.38. The molecule has 0 unspecified atom stereocenters. The van der Waals surface area contributed by atoms with Crippen LogP contribution in [0, 0.1) is 0 Å². The number of carbonyl (C=O) groups excluding carboxylic acids is 2. The Hall–Kier alpha value is -2.31. The molecule has 0 fully saturated rings. The van der Waals surface area contributed by atoms with Crippen molar-refractivity contribution >= 4 is 23.6 Å². The van der Waals surface area contributed by atoms with Gasteiger partial charge in [0.25, 0.3) is 0 Å². The molecule has 5 nitrogen and oxygen atoms in total. The Morgan fingerprint density at radius 2 is 1.58 bits per heavy atom. The average molecular weight is 376 g/mol. The lowest BCUT2D eigenvalue weighted by atomic mass is 9.99. The Morgan fingerprint density at radius 1 is 1.00 bits per heavy atom. The van der Waals surface area contributed by atoms with Crippen molar-refractivity contribution in [3.63, 3.8) is 0 Å². The third-order valence-electron chi connectivity index (χ3n) is 3.12. The van der Waals surface area contributed by atoms with Gasteiger partial charge < -0.3 is 16.8 Å². The van der Waals surface area contributed by atoms with Crippen molar-refractivity contribution in [1.82, 2.24) is 5.32 Å². The highest BCUT2D eigenvalue weighted by molar-refractivity contribution is 7.99. The standard InChI is InChI=1S/C13H11NO.C6H13NOS.CH5N/c14-13(15)12-9-5-4-8-11(12)10-6-2-1-3-7-10;1-3-4-7-6(8)5-9-2;1-2/h1-9H,(H2,14,15);3-5H2,1-2H3,(H,7,8);2H2,1H3. The molecule has 26 heavy (non-hydrogen) atoms. The summed E-state index contributed by atoms with van der Waals surface area (Å²) in [5, 5.41) is 2.77. The number of nitrogens with two attached hydrogens (primary N) is 2. The fraction of sp³-hybridized carbons (Fsp3) is 0.300. The lowest BCUT2D eigenvalue weighted by Gasteiger charge is -2.05. The van der Waals surface area contributed by atoms with Gasteiger partial charge in [-0.15, -0.1) is 0 Å². The summed E-state index contributed by atoms with van der Waals surface area (Å²) in [6.45, 7) is 2.85. The third-order valence-corrected chi connectivity index (χ3v) is 3.68. The largest absolute Gasteiger partial charge is 0.366 e. The van der Waals surface area contributed by atoms with E-state index in [1.807, 2.05) is 61.7 Å². The molecule has 0 saturated carbocycles. The Bertz CT molecular complexity index is 649. The summed E-state index contributed by atoms with van der Waals surface area (Å²) in [6.07, 6.45) is 2.94. The molecule has 5 N–H and O–H groups in total. The smallest absolute Gasteiger partial charge is 0.249 e. The Balaban J connectivity index is 0.000000492. The van der Waals surface area contributed by atoms with E-state index >= 15 is 0 Å². The highest BCUT2D eigenvalue weighted by Crippen LogP contribution is 2.22. The molecule has 142 valence electrons. The van der Waals surface area contributed by atoms with E-state index in [1.54, 1.807) is 17.8 Å². The Kier molecular flexibility index (Phi) is 13.7. The number of benzene rings is 2. The van der Waals surface area contributed by atoms with Crippen LogP contribution in [0.1, 0.15) is 23.7 Å². The second-order valence-corrected chi connectivity index (χ2v) is 5.92. The van der Waals surface area contributed by atoms with E-state index in [2.05, 4.69) is 11.1 Å². The first kappa shape index (κ1) is 23.7. The summed E-state index contributed by atoms with van der Waals surface area (Å²) in [7, 11) is 1.50. The maximum absolute atomic E-state index is 11.2. The van der Waals surface area contributed by atoms with Gasteiger partial charge in [-0.1, -0.05) is 55.5 Å². The molecule has 2 aromatic rings. The van der Waals surface area contributed by atoms with E-state index in [0.29, 0.717) is 11.3 Å². The maximum atomic E-state index is 11.2. The summed E-state index contributed by atoms with van der Waals surface area (Å²) in [4.78, 5) is 21.9. The summed E-state index contributed by atoms with van der Waals surface area (Å²) in [6, 6.07) is 17.1. The highest BCUT2D eigenvalue weighted by Gasteiger charge is 2.07. The molecule has 0 heterocycles. The van der Waals surface area contributed by atoms with Crippen LogP contribution in [0.2, 0.25) is 0 Å². The zero-order valence-corrected chi connectivity index (χ0v) is 16.5. The molecule has 0 aliphatic rings. The Labute approximate surface area is 160 Å². The molecule has 0 spiro atoms. The summed E-state index contributed by atoms with van der Waals surface area (Å²) in [5.41, 5.74) is 12.3. The van der Waals surface area contributed by atoms with Crippen molar-refractivity contribution in [2.75, 3.05) is 25.6 Å². The molecule has 2 amide bonds. The van der Waals surface area contributed by atoms with Crippen LogP contribution in [0.15, 0.2) is 54.6 Å². The van der Waals surface area contributed by atoms with Crippen LogP contribution >= 0.6 is 11.8 Å². The van der Waals surface area contributed by atoms with Crippen molar-refractivity contribution in [2.45, 2.75) is 13.3 Å². The van der Waals surface area contributed by atoms with Crippen LogP contribution in [-0.2, 0) is 4.79 Å². The SMILES string of the molecule is CCCNC(=O)CSC.CN.NC(=O)c1ccccc1-c1ccccc1. The van der Waals surface area contributed by atoms with Gasteiger partial charge >= 0.3 is 0 Å². The normalized spacial score (nSPS) is 9.08. The van der Waals surface area contributed by atoms with Gasteiger partial charge in [0.05, 0.1) is 5.75 Å². The summed E-state index contributed by atoms with van der Waals surface area (Å²) < 4.78 is 0. The predicted molar refractivity (Wildman–Crippen MR) is 112 cm³/mol. The van der Waals surface area contributed by atoms with Crippen LogP contribution < -0.4 is 16.8 Å².